The molecule has 0 radical (unpaired) electrons. The number of ether oxygens (including phenoxy) is 2. The Morgan fingerprint density at radius 3 is 2.52 bits per heavy atom. The van der Waals surface area contributed by atoms with Crippen molar-refractivity contribution in [2.75, 3.05) is 40.8 Å². The summed E-state index contributed by atoms with van der Waals surface area (Å²) in [5.41, 5.74) is 0. The SMILES string of the molecule is COc1ccccc1OC(C)CNC(=NCC(=O)N(C)C)NCC1CCCCC1. The molecule has 162 valence electrons. The molecule has 0 aliphatic heterocycles. The summed E-state index contributed by atoms with van der Waals surface area (Å²) in [6.45, 7) is 3.55. The zero-order valence-corrected chi connectivity index (χ0v) is 18.2. The molecule has 2 rings (SSSR count). The molecule has 1 amide bonds. The van der Waals surface area contributed by atoms with Crippen molar-refractivity contribution in [3.8, 4) is 11.5 Å². The van der Waals surface area contributed by atoms with E-state index < -0.39 is 0 Å². The summed E-state index contributed by atoms with van der Waals surface area (Å²) in [6, 6.07) is 7.60. The molecule has 29 heavy (non-hydrogen) atoms. The van der Waals surface area contributed by atoms with Gasteiger partial charge in [-0.3, -0.25) is 4.79 Å². The molecule has 1 fully saturated rings. The summed E-state index contributed by atoms with van der Waals surface area (Å²) in [5.74, 6) is 2.71. The molecule has 7 heteroatoms. The van der Waals surface area contributed by atoms with Crippen LogP contribution in [0.1, 0.15) is 39.0 Å². The van der Waals surface area contributed by atoms with Crippen molar-refractivity contribution < 1.29 is 14.3 Å². The maximum absolute atomic E-state index is 11.9. The number of likely N-dealkylation sites (N-methyl/N-ethyl adjacent to an activating group) is 1. The minimum atomic E-state index is -0.0995. The first-order chi connectivity index (χ1) is 14.0. The van der Waals surface area contributed by atoms with Gasteiger partial charge in [-0.2, -0.15) is 0 Å². The van der Waals surface area contributed by atoms with Gasteiger partial charge in [0.2, 0.25) is 5.91 Å². The number of rotatable bonds is 9. The van der Waals surface area contributed by atoms with Crippen molar-refractivity contribution in [1.29, 1.82) is 0 Å². The second-order valence-corrected chi connectivity index (χ2v) is 7.80. The van der Waals surface area contributed by atoms with Crippen molar-refractivity contribution in [2.45, 2.75) is 45.1 Å². The van der Waals surface area contributed by atoms with Gasteiger partial charge in [0.1, 0.15) is 12.6 Å². The van der Waals surface area contributed by atoms with Crippen LogP contribution in [0.5, 0.6) is 11.5 Å². The van der Waals surface area contributed by atoms with Crippen LogP contribution in [0.3, 0.4) is 0 Å². The van der Waals surface area contributed by atoms with Crippen molar-refractivity contribution in [1.82, 2.24) is 15.5 Å². The lowest BCUT2D eigenvalue weighted by Crippen LogP contribution is -2.44. The third-order valence-electron chi connectivity index (χ3n) is 5.11. The minimum absolute atomic E-state index is 0.0258. The number of nitrogens with one attached hydrogen (secondary N) is 2. The molecule has 1 atom stereocenters. The van der Waals surface area contributed by atoms with Gasteiger partial charge in [-0.15, -0.1) is 0 Å². The van der Waals surface area contributed by atoms with Crippen molar-refractivity contribution >= 4 is 11.9 Å². The predicted octanol–water partition coefficient (Wildman–Crippen LogP) is 2.67. The highest BCUT2D eigenvalue weighted by Crippen LogP contribution is 2.26. The lowest BCUT2D eigenvalue weighted by Gasteiger charge is -2.24. The quantitative estimate of drug-likeness (QED) is 0.489. The third kappa shape index (κ3) is 8.21. The number of guanidine groups is 1. The molecule has 1 aromatic carbocycles. The number of aliphatic imine (C=N–C) groups is 1. The van der Waals surface area contributed by atoms with Crippen LogP contribution < -0.4 is 20.1 Å². The molecule has 2 N–H and O–H groups in total. The Hall–Kier alpha value is -2.44. The summed E-state index contributed by atoms with van der Waals surface area (Å²) >= 11 is 0. The summed E-state index contributed by atoms with van der Waals surface area (Å²) in [7, 11) is 5.11. The van der Waals surface area contributed by atoms with E-state index in [4.69, 9.17) is 9.47 Å². The molecular formula is C22H36N4O3. The number of methoxy groups -OCH3 is 1. The number of amides is 1. The zero-order valence-electron chi connectivity index (χ0n) is 18.2. The minimum Gasteiger partial charge on any atom is -0.493 e. The van der Waals surface area contributed by atoms with Gasteiger partial charge in [0.15, 0.2) is 17.5 Å². The average molecular weight is 405 g/mol. The van der Waals surface area contributed by atoms with Crippen LogP contribution in [-0.4, -0.2) is 63.7 Å². The molecule has 1 unspecified atom stereocenters. The second kappa shape index (κ2) is 12.2. The van der Waals surface area contributed by atoms with E-state index in [-0.39, 0.29) is 18.6 Å². The highest BCUT2D eigenvalue weighted by atomic mass is 16.5. The summed E-state index contributed by atoms with van der Waals surface area (Å²) in [5, 5.41) is 6.73. The number of hydrogen-bond donors (Lipinski definition) is 2. The molecule has 0 heterocycles. The van der Waals surface area contributed by atoms with Crippen LogP contribution in [-0.2, 0) is 4.79 Å². The standard InChI is InChI=1S/C22H36N4O3/c1-17(29-20-13-9-8-12-19(20)28-4)14-23-22(25-16-21(27)26(2)3)24-15-18-10-6-5-7-11-18/h8-9,12-13,17-18H,5-7,10-11,14-16H2,1-4H3,(H2,23,24,25). The second-order valence-electron chi connectivity index (χ2n) is 7.80. The normalized spacial score (nSPS) is 16.1. The van der Waals surface area contributed by atoms with Crippen molar-refractivity contribution in [2.24, 2.45) is 10.9 Å². The Bertz CT molecular complexity index is 657. The Kier molecular flexibility index (Phi) is 9.60. The number of para-hydroxylation sites is 2. The van der Waals surface area contributed by atoms with Crippen LogP contribution in [0.4, 0.5) is 0 Å². The predicted molar refractivity (Wildman–Crippen MR) is 117 cm³/mol. The Labute approximate surface area is 174 Å². The van der Waals surface area contributed by atoms with E-state index in [1.165, 1.54) is 32.1 Å². The number of benzene rings is 1. The first kappa shape index (κ1) is 22.8. The lowest BCUT2D eigenvalue weighted by atomic mass is 9.89. The van der Waals surface area contributed by atoms with Gasteiger partial charge in [0.25, 0.3) is 0 Å². The van der Waals surface area contributed by atoms with Crippen molar-refractivity contribution in [3.63, 3.8) is 0 Å². The molecular weight excluding hydrogens is 368 g/mol. The summed E-state index contributed by atoms with van der Waals surface area (Å²) < 4.78 is 11.3. The van der Waals surface area contributed by atoms with Gasteiger partial charge in [-0.05, 0) is 37.8 Å². The molecule has 1 saturated carbocycles. The third-order valence-corrected chi connectivity index (χ3v) is 5.11. The zero-order chi connectivity index (χ0) is 21.1. The van der Waals surface area contributed by atoms with Gasteiger partial charge >= 0.3 is 0 Å². The van der Waals surface area contributed by atoms with E-state index in [0.717, 1.165) is 6.54 Å². The van der Waals surface area contributed by atoms with Crippen LogP contribution in [0.15, 0.2) is 29.3 Å². The molecule has 1 aliphatic rings. The molecule has 1 aromatic rings. The Morgan fingerprint density at radius 1 is 1.17 bits per heavy atom. The van der Waals surface area contributed by atoms with E-state index in [2.05, 4.69) is 15.6 Å². The van der Waals surface area contributed by atoms with Crippen LogP contribution in [0.25, 0.3) is 0 Å². The molecule has 1 aliphatic carbocycles. The van der Waals surface area contributed by atoms with Gasteiger partial charge in [0, 0.05) is 20.6 Å². The maximum atomic E-state index is 11.9. The van der Waals surface area contributed by atoms with Crippen LogP contribution in [0.2, 0.25) is 0 Å². The Morgan fingerprint density at radius 2 is 1.86 bits per heavy atom. The van der Waals surface area contributed by atoms with E-state index in [1.807, 2.05) is 31.2 Å². The van der Waals surface area contributed by atoms with Gasteiger partial charge in [-0.25, -0.2) is 4.99 Å². The van der Waals surface area contributed by atoms with E-state index in [1.54, 1.807) is 26.1 Å². The highest BCUT2D eigenvalue weighted by Gasteiger charge is 2.15. The van der Waals surface area contributed by atoms with Crippen LogP contribution in [0, 0.1) is 5.92 Å². The largest absolute Gasteiger partial charge is 0.493 e. The Balaban J connectivity index is 1.90. The maximum Gasteiger partial charge on any atom is 0.243 e. The van der Waals surface area contributed by atoms with Gasteiger partial charge in [-0.1, -0.05) is 31.4 Å². The number of carbonyl (C=O) groups is 1. The molecule has 0 aromatic heterocycles. The first-order valence-corrected chi connectivity index (χ1v) is 10.5. The fourth-order valence-corrected chi connectivity index (χ4v) is 3.31. The molecule has 7 nitrogen and oxygen atoms in total. The molecule has 0 bridgehead atoms. The van der Waals surface area contributed by atoms with Crippen LogP contribution >= 0.6 is 0 Å². The summed E-state index contributed by atoms with van der Waals surface area (Å²) in [4.78, 5) is 17.9. The molecule has 0 saturated heterocycles. The smallest absolute Gasteiger partial charge is 0.243 e. The van der Waals surface area contributed by atoms with Crippen molar-refractivity contribution in [3.05, 3.63) is 24.3 Å². The fraction of sp³-hybridized carbons (Fsp3) is 0.636. The monoisotopic (exact) mass is 404 g/mol. The van der Waals surface area contributed by atoms with E-state index in [9.17, 15) is 4.79 Å². The lowest BCUT2D eigenvalue weighted by molar-refractivity contribution is -0.127. The summed E-state index contributed by atoms with van der Waals surface area (Å²) in [6.07, 6.45) is 6.35. The number of hydrogen-bond acceptors (Lipinski definition) is 4. The number of nitrogens with zero attached hydrogens (tertiary/aromatic N) is 2. The first-order valence-electron chi connectivity index (χ1n) is 10.5. The van der Waals surface area contributed by atoms with Gasteiger partial charge < -0.3 is 25.0 Å². The average Bonchev–Trinajstić information content (AvgIpc) is 2.74. The van der Waals surface area contributed by atoms with Gasteiger partial charge in [0.05, 0.1) is 13.7 Å². The van der Waals surface area contributed by atoms with E-state index >= 15 is 0 Å². The van der Waals surface area contributed by atoms with E-state index in [0.29, 0.717) is 29.9 Å². The highest BCUT2D eigenvalue weighted by molar-refractivity contribution is 5.84. The molecule has 0 spiro atoms. The number of carbonyl (C=O) groups excluding carboxylic acids is 1. The topological polar surface area (TPSA) is 75.2 Å². The fourth-order valence-electron chi connectivity index (χ4n) is 3.31.